The number of hydrogen-bond acceptors (Lipinski definition) is 14. The maximum Gasteiger partial charge on any atom is 0.338 e. The molecule has 2 aromatic carbocycles. The summed E-state index contributed by atoms with van der Waals surface area (Å²) < 4.78 is 29.6. The Bertz CT molecular complexity index is 1770. The van der Waals surface area contributed by atoms with E-state index in [0.29, 0.717) is 6.29 Å². The average Bonchev–Trinajstić information content (AvgIpc) is 3.11. The van der Waals surface area contributed by atoms with Crippen molar-refractivity contribution in [3.05, 3.63) is 71.8 Å². The number of Topliss-reactive ketones (excluding diaryl/α,β-unsaturated/α-hetero) is 1. The molecule has 3 fully saturated rings. The van der Waals surface area contributed by atoms with Crippen molar-refractivity contribution in [2.45, 2.75) is 90.5 Å². The first-order chi connectivity index (χ1) is 24.9. The number of aldehydes is 1. The highest BCUT2D eigenvalue weighted by Gasteiger charge is 2.80. The molecule has 14 nitrogen and oxygen atoms in total. The normalized spacial score (nSPS) is 34.3. The second kappa shape index (κ2) is 14.5. The predicted octanol–water partition coefficient (Wildman–Crippen LogP) is 2.80. The van der Waals surface area contributed by atoms with Gasteiger partial charge in [-0.05, 0) is 43.5 Å². The summed E-state index contributed by atoms with van der Waals surface area (Å²) in [5.74, 6) is -8.46. The van der Waals surface area contributed by atoms with Crippen molar-refractivity contribution < 1.29 is 67.5 Å². The first-order valence-corrected chi connectivity index (χ1v) is 17.3. The number of ketones is 1. The lowest BCUT2D eigenvalue weighted by Crippen LogP contribution is -2.82. The van der Waals surface area contributed by atoms with Crippen molar-refractivity contribution in [3.8, 4) is 0 Å². The molecule has 0 saturated heterocycles. The molecule has 2 N–H and O–H groups in total. The lowest BCUT2D eigenvalue weighted by molar-refractivity contribution is -0.325. The molecule has 53 heavy (non-hydrogen) atoms. The summed E-state index contributed by atoms with van der Waals surface area (Å²) in [7, 11) is 0. The number of carbonyl (C=O) groups excluding carboxylic acids is 7. The molecule has 0 amide bonds. The Balaban J connectivity index is 1.86. The lowest BCUT2D eigenvalue weighted by atomic mass is 9.38. The number of benzene rings is 2. The average molecular weight is 737 g/mol. The second-order valence-electron chi connectivity index (χ2n) is 15.0. The van der Waals surface area contributed by atoms with Gasteiger partial charge < -0.3 is 38.7 Å². The van der Waals surface area contributed by atoms with Gasteiger partial charge in [0.2, 0.25) is 0 Å². The van der Waals surface area contributed by atoms with Crippen LogP contribution in [0.1, 0.15) is 75.1 Å². The summed E-state index contributed by atoms with van der Waals surface area (Å²) in [6.45, 7) is 6.76. The third kappa shape index (κ3) is 6.63. The van der Waals surface area contributed by atoms with Crippen molar-refractivity contribution in [1.29, 1.82) is 0 Å². The molecule has 2 aromatic rings. The van der Waals surface area contributed by atoms with Gasteiger partial charge in [0, 0.05) is 43.9 Å². The molecule has 0 radical (unpaired) electrons. The van der Waals surface area contributed by atoms with Crippen LogP contribution >= 0.6 is 0 Å². The Hall–Kier alpha value is -4.95. The number of aliphatic hydroxyl groups is 2. The quantitative estimate of drug-likeness (QED) is 0.164. The Kier molecular flexibility index (Phi) is 10.7. The SMILES string of the molecule is CC(=O)O[C@H]1[C@@H](OC(C)=O)C(C)(C)[C@@H]2C[C@@H](OC(C)=O)[C@@]3(O)C(=O)[C@@](C)(C=O)C[C@@H](OC(=O)c4ccccc4)[C@@H]3[C@@]2(CO)[C@H]1OC(=O)c1ccccc1. The van der Waals surface area contributed by atoms with Gasteiger partial charge in [-0.1, -0.05) is 50.2 Å². The molecular formula is C39H44O14. The molecule has 0 aliphatic heterocycles. The maximum absolute atomic E-state index is 14.7. The fraction of sp³-hybridized carbons (Fsp3) is 0.513. The summed E-state index contributed by atoms with van der Waals surface area (Å²) in [6.07, 6.45) is -8.79. The molecule has 5 rings (SSSR count). The zero-order chi connectivity index (χ0) is 39.1. The van der Waals surface area contributed by atoms with Gasteiger partial charge in [-0.2, -0.15) is 0 Å². The van der Waals surface area contributed by atoms with E-state index >= 15 is 0 Å². The van der Waals surface area contributed by atoms with E-state index in [1.54, 1.807) is 50.2 Å². The molecule has 0 unspecified atom stereocenters. The topological polar surface area (TPSA) is 206 Å². The summed E-state index contributed by atoms with van der Waals surface area (Å²) in [6, 6.07) is 15.4. The second-order valence-corrected chi connectivity index (χ2v) is 15.0. The highest BCUT2D eigenvalue weighted by molar-refractivity contribution is 6.05. The van der Waals surface area contributed by atoms with Crippen LogP contribution in [0.4, 0.5) is 0 Å². The van der Waals surface area contributed by atoms with Gasteiger partial charge in [0.1, 0.15) is 24.6 Å². The van der Waals surface area contributed by atoms with Crippen molar-refractivity contribution in [2.24, 2.45) is 28.1 Å². The molecule has 3 aliphatic carbocycles. The minimum absolute atomic E-state index is 0.0387. The molecule has 0 heterocycles. The zero-order valence-corrected chi connectivity index (χ0v) is 30.3. The monoisotopic (exact) mass is 736 g/mol. The third-order valence-corrected chi connectivity index (χ3v) is 11.2. The molecule has 0 aromatic heterocycles. The highest BCUT2D eigenvalue weighted by Crippen LogP contribution is 2.67. The number of fused-ring (bicyclic) bond motifs is 3. The smallest absolute Gasteiger partial charge is 0.338 e. The summed E-state index contributed by atoms with van der Waals surface area (Å²) >= 11 is 0. The number of carbonyl (C=O) groups is 7. The Morgan fingerprint density at radius 3 is 1.74 bits per heavy atom. The van der Waals surface area contributed by atoms with Crippen LogP contribution in [0.2, 0.25) is 0 Å². The number of rotatable bonds is 9. The van der Waals surface area contributed by atoms with Crippen molar-refractivity contribution in [1.82, 2.24) is 0 Å². The van der Waals surface area contributed by atoms with Gasteiger partial charge in [0.05, 0.1) is 23.1 Å². The van der Waals surface area contributed by atoms with Gasteiger partial charge in [0.25, 0.3) is 0 Å². The van der Waals surface area contributed by atoms with E-state index < -0.39 is 119 Å². The number of aliphatic hydroxyl groups excluding tert-OH is 1. The van der Waals surface area contributed by atoms with E-state index in [1.807, 2.05) is 0 Å². The molecule has 0 bridgehead atoms. The van der Waals surface area contributed by atoms with Crippen LogP contribution in [0.5, 0.6) is 0 Å². The summed E-state index contributed by atoms with van der Waals surface area (Å²) in [4.78, 5) is 93.4. The van der Waals surface area contributed by atoms with Gasteiger partial charge in [0.15, 0.2) is 23.6 Å². The number of hydrogen-bond donors (Lipinski definition) is 2. The van der Waals surface area contributed by atoms with E-state index in [4.69, 9.17) is 23.7 Å². The molecule has 3 saturated carbocycles. The predicted molar refractivity (Wildman–Crippen MR) is 182 cm³/mol. The van der Waals surface area contributed by atoms with Crippen LogP contribution in [0.3, 0.4) is 0 Å². The van der Waals surface area contributed by atoms with E-state index in [-0.39, 0.29) is 11.1 Å². The summed E-state index contributed by atoms with van der Waals surface area (Å²) in [5, 5.41) is 24.9. The van der Waals surface area contributed by atoms with Crippen LogP contribution in [-0.2, 0) is 47.7 Å². The van der Waals surface area contributed by atoms with Crippen molar-refractivity contribution in [3.63, 3.8) is 0 Å². The Labute approximate surface area is 306 Å². The molecule has 284 valence electrons. The standard InChI is InChI=1S/C39H44O14/c1-21(42)49-28-17-27-36(4,5)31(51-23(3)44)29(50-22(2)43)32(53-34(46)25-15-11-8-12-16-25)38(27,20-41)30-26(52-33(45)24-13-9-7-10-14-24)18-37(6,19-40)35(47)39(28,30)48/h7-16,19,26-32,41,48H,17-18,20H2,1-6H3/t26-,27+,28-,29+,30-,31-,32+,37-,38+,39+/m1/s1. The van der Waals surface area contributed by atoms with Crippen LogP contribution in [0.15, 0.2) is 60.7 Å². The van der Waals surface area contributed by atoms with E-state index in [2.05, 4.69) is 0 Å². The van der Waals surface area contributed by atoms with Gasteiger partial charge in [-0.25, -0.2) is 9.59 Å². The minimum atomic E-state index is -2.87. The van der Waals surface area contributed by atoms with Crippen LogP contribution in [0.25, 0.3) is 0 Å². The molecule has 0 spiro atoms. The maximum atomic E-state index is 14.7. The van der Waals surface area contributed by atoms with Crippen LogP contribution < -0.4 is 0 Å². The van der Waals surface area contributed by atoms with E-state index in [0.717, 1.165) is 20.8 Å². The molecule has 3 aliphatic rings. The Morgan fingerprint density at radius 2 is 1.26 bits per heavy atom. The van der Waals surface area contributed by atoms with Crippen molar-refractivity contribution in [2.75, 3.05) is 6.61 Å². The Morgan fingerprint density at radius 1 is 0.755 bits per heavy atom. The van der Waals surface area contributed by atoms with Crippen LogP contribution in [0, 0.1) is 28.1 Å². The van der Waals surface area contributed by atoms with Gasteiger partial charge in [-0.15, -0.1) is 0 Å². The first-order valence-electron chi connectivity index (χ1n) is 17.3. The van der Waals surface area contributed by atoms with Gasteiger partial charge in [-0.3, -0.25) is 19.2 Å². The fourth-order valence-electron chi connectivity index (χ4n) is 9.18. The fourth-order valence-corrected chi connectivity index (χ4v) is 9.18. The highest BCUT2D eigenvalue weighted by atomic mass is 16.6. The van der Waals surface area contributed by atoms with Crippen LogP contribution in [-0.4, -0.2) is 94.9 Å². The molecular weight excluding hydrogens is 692 g/mol. The number of ether oxygens (including phenoxy) is 5. The number of esters is 5. The summed E-state index contributed by atoms with van der Waals surface area (Å²) in [5.41, 5.74) is -8.24. The van der Waals surface area contributed by atoms with Crippen molar-refractivity contribution >= 4 is 41.9 Å². The lowest BCUT2D eigenvalue weighted by Gasteiger charge is -2.69. The zero-order valence-electron chi connectivity index (χ0n) is 30.3. The molecule has 14 heteroatoms. The third-order valence-electron chi connectivity index (χ3n) is 11.2. The minimum Gasteiger partial charge on any atom is -0.459 e. The largest absolute Gasteiger partial charge is 0.459 e. The van der Waals surface area contributed by atoms with E-state index in [1.165, 1.54) is 31.2 Å². The van der Waals surface area contributed by atoms with E-state index in [9.17, 15) is 43.8 Å². The van der Waals surface area contributed by atoms with Gasteiger partial charge >= 0.3 is 29.8 Å². The first kappa shape index (κ1) is 39.3. The molecule has 10 atom stereocenters.